The molecule has 0 bridgehead atoms. The van der Waals surface area contributed by atoms with Crippen LogP contribution in [0.1, 0.15) is 13.8 Å². The van der Waals surface area contributed by atoms with Gasteiger partial charge in [0.25, 0.3) is 0 Å². The van der Waals surface area contributed by atoms with Crippen LogP contribution in [0, 0.1) is 0 Å². The van der Waals surface area contributed by atoms with E-state index in [2.05, 4.69) is 10.4 Å². The Hall–Kier alpha value is -1.30. The van der Waals surface area contributed by atoms with E-state index >= 15 is 0 Å². The summed E-state index contributed by atoms with van der Waals surface area (Å²) < 4.78 is 0. The van der Waals surface area contributed by atoms with E-state index in [4.69, 9.17) is 11.6 Å². The number of hydrazine groups is 1. The third kappa shape index (κ3) is 3.29. The number of carbonyl (C=O) groups is 1. The van der Waals surface area contributed by atoms with Crippen molar-refractivity contribution in [1.29, 1.82) is 0 Å². The first-order valence-corrected chi connectivity index (χ1v) is 3.85. The van der Waals surface area contributed by atoms with Crippen molar-refractivity contribution in [1.82, 2.24) is 10.3 Å². The lowest BCUT2D eigenvalue weighted by Crippen LogP contribution is -2.45. The third-order valence-corrected chi connectivity index (χ3v) is 1.48. The highest BCUT2D eigenvalue weighted by Gasteiger charge is 2.28. The summed E-state index contributed by atoms with van der Waals surface area (Å²) in [4.78, 5) is 16.9. The summed E-state index contributed by atoms with van der Waals surface area (Å²) in [6.07, 6.45) is 0. The molecule has 0 aliphatic heterocycles. The molecule has 0 rings (SSSR count). The summed E-state index contributed by atoms with van der Waals surface area (Å²) in [7, 11) is 3.32. The predicted molar refractivity (Wildman–Crippen MR) is 51.7 cm³/mol. The SMILES string of the molecule is CN(C)C(=O)C(C)(C)N=C(N)NN. The molecule has 0 fully saturated rings. The zero-order valence-electron chi connectivity index (χ0n) is 8.46. The Morgan fingerprint density at radius 3 is 2.23 bits per heavy atom. The van der Waals surface area contributed by atoms with Crippen LogP contribution in [-0.2, 0) is 4.79 Å². The Labute approximate surface area is 77.9 Å². The second kappa shape index (κ2) is 4.08. The second-order valence-electron chi connectivity index (χ2n) is 3.40. The Morgan fingerprint density at radius 2 is 1.92 bits per heavy atom. The Kier molecular flexibility index (Phi) is 3.68. The highest BCUT2D eigenvalue weighted by atomic mass is 16.2. The number of nitrogens with two attached hydrogens (primary N) is 2. The van der Waals surface area contributed by atoms with Crippen LogP contribution in [0.3, 0.4) is 0 Å². The van der Waals surface area contributed by atoms with Gasteiger partial charge in [-0.25, -0.2) is 10.8 Å². The highest BCUT2D eigenvalue weighted by Crippen LogP contribution is 2.10. The lowest BCUT2D eigenvalue weighted by atomic mass is 10.1. The van der Waals surface area contributed by atoms with Crippen LogP contribution in [0.25, 0.3) is 0 Å². The molecular formula is C7H17N5O. The van der Waals surface area contributed by atoms with Gasteiger partial charge >= 0.3 is 0 Å². The molecule has 0 heterocycles. The summed E-state index contributed by atoms with van der Waals surface area (Å²) in [5.41, 5.74) is 6.62. The van der Waals surface area contributed by atoms with Crippen molar-refractivity contribution < 1.29 is 4.79 Å². The number of amides is 1. The second-order valence-corrected chi connectivity index (χ2v) is 3.40. The standard InChI is InChI=1S/C7H17N5O/c1-7(2,5(13)12(3)4)10-6(8)11-9/h9H2,1-4H3,(H3,8,10,11). The number of guanidine groups is 1. The molecule has 0 aliphatic carbocycles. The molecule has 0 spiro atoms. The Morgan fingerprint density at radius 1 is 1.46 bits per heavy atom. The van der Waals surface area contributed by atoms with Gasteiger partial charge in [0.2, 0.25) is 11.9 Å². The van der Waals surface area contributed by atoms with Gasteiger partial charge in [-0.3, -0.25) is 10.2 Å². The molecule has 6 heteroatoms. The van der Waals surface area contributed by atoms with Gasteiger partial charge in [0.15, 0.2) is 0 Å². The average Bonchev–Trinajstić information content (AvgIpc) is 2.01. The van der Waals surface area contributed by atoms with Crippen molar-refractivity contribution in [3.8, 4) is 0 Å². The first-order valence-electron chi connectivity index (χ1n) is 3.85. The van der Waals surface area contributed by atoms with Crippen LogP contribution in [0.4, 0.5) is 0 Å². The van der Waals surface area contributed by atoms with Gasteiger partial charge in [0.1, 0.15) is 5.54 Å². The fraction of sp³-hybridized carbons (Fsp3) is 0.714. The molecule has 0 radical (unpaired) electrons. The fourth-order valence-corrected chi connectivity index (χ4v) is 0.928. The van der Waals surface area contributed by atoms with Crippen molar-refractivity contribution in [2.24, 2.45) is 16.6 Å². The predicted octanol–water partition coefficient (Wildman–Crippen LogP) is -1.37. The summed E-state index contributed by atoms with van der Waals surface area (Å²) in [6.45, 7) is 3.33. The molecule has 0 saturated carbocycles. The molecule has 1 amide bonds. The topological polar surface area (TPSA) is 96.7 Å². The maximum absolute atomic E-state index is 11.5. The van der Waals surface area contributed by atoms with Crippen LogP contribution < -0.4 is 17.0 Å². The smallest absolute Gasteiger partial charge is 0.249 e. The first-order chi connectivity index (χ1) is 5.81. The van der Waals surface area contributed by atoms with E-state index in [1.807, 2.05) is 0 Å². The van der Waals surface area contributed by atoms with Crippen molar-refractivity contribution in [3.05, 3.63) is 0 Å². The first kappa shape index (κ1) is 11.7. The number of nitrogens with one attached hydrogen (secondary N) is 1. The molecule has 0 aromatic carbocycles. The van der Waals surface area contributed by atoms with Crippen LogP contribution >= 0.6 is 0 Å². The van der Waals surface area contributed by atoms with E-state index < -0.39 is 5.54 Å². The molecule has 0 atom stereocenters. The van der Waals surface area contributed by atoms with E-state index in [-0.39, 0.29) is 11.9 Å². The third-order valence-electron chi connectivity index (χ3n) is 1.48. The van der Waals surface area contributed by atoms with Crippen molar-refractivity contribution in [3.63, 3.8) is 0 Å². The van der Waals surface area contributed by atoms with Crippen LogP contribution in [-0.4, -0.2) is 36.4 Å². The van der Waals surface area contributed by atoms with E-state index in [0.29, 0.717) is 0 Å². The maximum Gasteiger partial charge on any atom is 0.249 e. The summed E-state index contributed by atoms with van der Waals surface area (Å²) in [5, 5.41) is 0. The number of hydrogen-bond donors (Lipinski definition) is 3. The molecular weight excluding hydrogens is 170 g/mol. The van der Waals surface area contributed by atoms with Crippen molar-refractivity contribution in [2.75, 3.05) is 14.1 Å². The van der Waals surface area contributed by atoms with Crippen LogP contribution in [0.2, 0.25) is 0 Å². The average molecular weight is 187 g/mol. The molecule has 0 aliphatic rings. The van der Waals surface area contributed by atoms with E-state index in [1.165, 1.54) is 4.90 Å². The van der Waals surface area contributed by atoms with Gasteiger partial charge in [-0.05, 0) is 13.8 Å². The summed E-state index contributed by atoms with van der Waals surface area (Å²) in [6, 6.07) is 0. The molecule has 13 heavy (non-hydrogen) atoms. The van der Waals surface area contributed by atoms with Crippen molar-refractivity contribution in [2.45, 2.75) is 19.4 Å². The van der Waals surface area contributed by atoms with Crippen LogP contribution in [0.5, 0.6) is 0 Å². The molecule has 0 aromatic rings. The maximum atomic E-state index is 11.5. The lowest BCUT2D eigenvalue weighted by Gasteiger charge is -2.23. The van der Waals surface area contributed by atoms with Gasteiger partial charge in [-0.1, -0.05) is 0 Å². The lowest BCUT2D eigenvalue weighted by molar-refractivity contribution is -0.133. The number of aliphatic imine (C=N–C) groups is 1. The minimum Gasteiger partial charge on any atom is -0.369 e. The molecule has 0 aromatic heterocycles. The normalized spacial score (nSPS) is 12.5. The van der Waals surface area contributed by atoms with Crippen LogP contribution in [0.15, 0.2) is 4.99 Å². The minimum absolute atomic E-state index is 0.0419. The number of likely N-dealkylation sites (N-methyl/N-ethyl adjacent to an activating group) is 1. The highest BCUT2D eigenvalue weighted by molar-refractivity contribution is 5.89. The van der Waals surface area contributed by atoms with Crippen molar-refractivity contribution >= 4 is 11.9 Å². The van der Waals surface area contributed by atoms with E-state index in [1.54, 1.807) is 27.9 Å². The van der Waals surface area contributed by atoms with E-state index in [0.717, 1.165) is 0 Å². The van der Waals surface area contributed by atoms with Gasteiger partial charge < -0.3 is 10.6 Å². The summed E-state index contributed by atoms with van der Waals surface area (Å²) >= 11 is 0. The van der Waals surface area contributed by atoms with Gasteiger partial charge in [0, 0.05) is 14.1 Å². The quantitative estimate of drug-likeness (QED) is 0.215. The monoisotopic (exact) mass is 187 g/mol. The molecule has 0 unspecified atom stereocenters. The number of rotatable bonds is 2. The molecule has 5 N–H and O–H groups in total. The number of carbonyl (C=O) groups excluding carboxylic acids is 1. The van der Waals surface area contributed by atoms with Gasteiger partial charge in [-0.15, -0.1) is 0 Å². The number of nitrogens with zero attached hydrogens (tertiary/aromatic N) is 2. The minimum atomic E-state index is -0.889. The number of hydrogen-bond acceptors (Lipinski definition) is 3. The van der Waals surface area contributed by atoms with Gasteiger partial charge in [-0.2, -0.15) is 0 Å². The fourth-order valence-electron chi connectivity index (χ4n) is 0.928. The summed E-state index contributed by atoms with van der Waals surface area (Å²) in [5.74, 6) is 4.93. The Bertz CT molecular complexity index is 221. The Balaban J connectivity index is 4.67. The molecule has 6 nitrogen and oxygen atoms in total. The van der Waals surface area contributed by atoms with Gasteiger partial charge in [0.05, 0.1) is 0 Å². The molecule has 0 saturated heterocycles. The largest absolute Gasteiger partial charge is 0.369 e. The zero-order chi connectivity index (χ0) is 10.6. The molecule has 76 valence electrons. The zero-order valence-corrected chi connectivity index (χ0v) is 8.46. The van der Waals surface area contributed by atoms with E-state index in [9.17, 15) is 4.79 Å².